The number of carboxylic acids is 2. The Balaban J connectivity index is 0.000000534. The van der Waals surface area contributed by atoms with Crippen molar-refractivity contribution in [1.29, 1.82) is 0 Å². The van der Waals surface area contributed by atoms with Gasteiger partial charge >= 0.3 is 18.0 Å². The van der Waals surface area contributed by atoms with Crippen LogP contribution in [-0.2, 0) is 14.3 Å². The lowest BCUT2D eigenvalue weighted by atomic mass is 9.98. The first-order valence-electron chi connectivity index (χ1n) is 10.5. The molecule has 0 heterocycles. The van der Waals surface area contributed by atoms with E-state index in [1.165, 1.54) is 0 Å². The highest BCUT2D eigenvalue weighted by Crippen LogP contribution is 2.44. The molecular formula is C25H29NO6. The molecule has 32 heavy (non-hydrogen) atoms. The maximum atomic E-state index is 12.1. The van der Waals surface area contributed by atoms with Gasteiger partial charge < -0.3 is 20.3 Å². The van der Waals surface area contributed by atoms with Gasteiger partial charge in [0.1, 0.15) is 6.61 Å². The first-order chi connectivity index (χ1) is 15.4. The minimum Gasteiger partial charge on any atom is -0.481 e. The summed E-state index contributed by atoms with van der Waals surface area (Å²) < 4.78 is 5.42. The van der Waals surface area contributed by atoms with Crippen molar-refractivity contribution in [3.63, 3.8) is 0 Å². The maximum absolute atomic E-state index is 12.1. The summed E-state index contributed by atoms with van der Waals surface area (Å²) in [4.78, 5) is 32.6. The first kappa shape index (κ1) is 24.7. The molecule has 0 fully saturated rings. The van der Waals surface area contributed by atoms with Crippen LogP contribution >= 0.6 is 0 Å². The normalized spacial score (nSPS) is 12.4. The fraction of sp³-hybridized carbons (Fsp3) is 0.320. The number of carboxylic acid groups (broad SMARTS) is 2. The van der Waals surface area contributed by atoms with E-state index in [-0.39, 0.29) is 18.9 Å². The van der Waals surface area contributed by atoms with E-state index in [1.54, 1.807) is 6.08 Å². The number of alkyl carbamates (subject to hydrolysis) is 1. The van der Waals surface area contributed by atoms with Crippen LogP contribution in [-0.4, -0.2) is 40.9 Å². The molecule has 1 amide bonds. The molecule has 0 bridgehead atoms. The first-order valence-corrected chi connectivity index (χ1v) is 10.5. The van der Waals surface area contributed by atoms with Crippen molar-refractivity contribution >= 4 is 18.0 Å². The highest BCUT2D eigenvalue weighted by molar-refractivity contribution is 5.79. The summed E-state index contributed by atoms with van der Waals surface area (Å²) in [7, 11) is 0. The van der Waals surface area contributed by atoms with Crippen molar-refractivity contribution < 1.29 is 29.3 Å². The second kappa shape index (κ2) is 12.3. The quantitative estimate of drug-likeness (QED) is 0.483. The van der Waals surface area contributed by atoms with Gasteiger partial charge in [-0.1, -0.05) is 61.5 Å². The number of nitrogens with one attached hydrogen (secondary N) is 1. The topological polar surface area (TPSA) is 113 Å². The minimum absolute atomic E-state index is 0.0227. The van der Waals surface area contributed by atoms with Crippen LogP contribution in [0.3, 0.4) is 0 Å². The fourth-order valence-corrected chi connectivity index (χ4v) is 3.63. The number of aliphatic carboxylic acids is 2. The van der Waals surface area contributed by atoms with Crippen LogP contribution in [0.15, 0.2) is 61.2 Å². The molecule has 3 rings (SSSR count). The van der Waals surface area contributed by atoms with Crippen molar-refractivity contribution in [3.05, 3.63) is 72.3 Å². The van der Waals surface area contributed by atoms with Crippen LogP contribution in [0.2, 0.25) is 0 Å². The molecule has 0 aliphatic heterocycles. The zero-order valence-corrected chi connectivity index (χ0v) is 18.1. The maximum Gasteiger partial charge on any atom is 0.407 e. The predicted octanol–water partition coefficient (Wildman–Crippen LogP) is 4.82. The summed E-state index contributed by atoms with van der Waals surface area (Å²) in [6.07, 6.45) is 2.19. The molecule has 7 nitrogen and oxygen atoms in total. The van der Waals surface area contributed by atoms with Crippen molar-refractivity contribution in [2.24, 2.45) is 0 Å². The third kappa shape index (κ3) is 6.97. The molecule has 7 heteroatoms. The van der Waals surface area contributed by atoms with Crippen LogP contribution in [0.25, 0.3) is 11.1 Å². The molecular weight excluding hydrogens is 410 g/mol. The third-order valence-corrected chi connectivity index (χ3v) is 5.00. The van der Waals surface area contributed by atoms with Gasteiger partial charge in [0.05, 0.1) is 6.42 Å². The molecule has 170 valence electrons. The van der Waals surface area contributed by atoms with E-state index < -0.39 is 24.1 Å². The summed E-state index contributed by atoms with van der Waals surface area (Å²) >= 11 is 0. The molecule has 0 aromatic heterocycles. The van der Waals surface area contributed by atoms with Crippen LogP contribution < -0.4 is 5.32 Å². The van der Waals surface area contributed by atoms with Gasteiger partial charge in [0.2, 0.25) is 0 Å². The molecule has 3 N–H and O–H groups in total. The molecule has 0 saturated heterocycles. The number of ether oxygens (including phenoxy) is 1. The van der Waals surface area contributed by atoms with Gasteiger partial charge in [-0.15, -0.1) is 6.58 Å². The van der Waals surface area contributed by atoms with E-state index in [1.807, 2.05) is 43.3 Å². The van der Waals surface area contributed by atoms with Gasteiger partial charge in [-0.25, -0.2) is 4.79 Å². The van der Waals surface area contributed by atoms with Gasteiger partial charge in [0.15, 0.2) is 0 Å². The predicted molar refractivity (Wildman–Crippen MR) is 122 cm³/mol. The lowest BCUT2D eigenvalue weighted by molar-refractivity contribution is -0.138. The molecule has 2 aromatic rings. The number of hydrogen-bond acceptors (Lipinski definition) is 4. The third-order valence-electron chi connectivity index (χ3n) is 5.00. The Morgan fingerprint density at radius 1 is 1.03 bits per heavy atom. The Hall–Kier alpha value is -3.61. The van der Waals surface area contributed by atoms with E-state index in [2.05, 4.69) is 24.0 Å². The molecule has 1 atom stereocenters. The molecule has 2 aromatic carbocycles. The van der Waals surface area contributed by atoms with Crippen molar-refractivity contribution in [3.8, 4) is 11.1 Å². The number of amides is 1. The highest BCUT2D eigenvalue weighted by atomic mass is 16.5. The van der Waals surface area contributed by atoms with E-state index in [9.17, 15) is 14.4 Å². The average molecular weight is 440 g/mol. The van der Waals surface area contributed by atoms with Crippen molar-refractivity contribution in [1.82, 2.24) is 5.32 Å². The molecule has 1 aliphatic carbocycles. The van der Waals surface area contributed by atoms with Crippen molar-refractivity contribution in [2.45, 2.75) is 44.6 Å². The largest absolute Gasteiger partial charge is 0.481 e. The average Bonchev–Trinajstić information content (AvgIpc) is 3.06. The molecule has 0 spiro atoms. The zero-order chi connectivity index (χ0) is 23.5. The summed E-state index contributed by atoms with van der Waals surface area (Å²) in [5, 5.41) is 19.4. The summed E-state index contributed by atoms with van der Waals surface area (Å²) in [5.41, 5.74) is 4.59. The minimum atomic E-state index is -0.976. The van der Waals surface area contributed by atoms with Gasteiger partial charge in [0, 0.05) is 18.4 Å². The van der Waals surface area contributed by atoms with Gasteiger partial charge in [-0.3, -0.25) is 9.59 Å². The van der Waals surface area contributed by atoms with Crippen LogP contribution in [0.1, 0.15) is 49.7 Å². The Morgan fingerprint density at radius 2 is 1.59 bits per heavy atom. The smallest absolute Gasteiger partial charge is 0.407 e. The van der Waals surface area contributed by atoms with E-state index in [4.69, 9.17) is 14.9 Å². The number of fused-ring (bicyclic) bond motifs is 3. The zero-order valence-electron chi connectivity index (χ0n) is 18.1. The van der Waals surface area contributed by atoms with Gasteiger partial charge in [-0.2, -0.15) is 0 Å². The van der Waals surface area contributed by atoms with Crippen molar-refractivity contribution in [2.75, 3.05) is 6.61 Å². The van der Waals surface area contributed by atoms with E-state index in [0.717, 1.165) is 28.7 Å². The number of carbonyl (C=O) groups is 3. The number of rotatable bonds is 9. The number of benzene rings is 2. The lowest BCUT2D eigenvalue weighted by Gasteiger charge is -2.18. The summed E-state index contributed by atoms with van der Waals surface area (Å²) in [6.45, 7) is 5.63. The molecule has 0 saturated carbocycles. The van der Waals surface area contributed by atoms with E-state index >= 15 is 0 Å². The number of carbonyl (C=O) groups excluding carboxylic acids is 1. The highest BCUT2D eigenvalue weighted by Gasteiger charge is 2.29. The SMILES string of the molecule is C=CC[C@@H](CC(=O)O)NC(=O)OCC1c2ccccc2-c2ccccc21.CCCC(=O)O. The lowest BCUT2D eigenvalue weighted by Crippen LogP contribution is -2.37. The van der Waals surface area contributed by atoms with Crippen LogP contribution in [0.4, 0.5) is 4.79 Å². The molecule has 0 radical (unpaired) electrons. The van der Waals surface area contributed by atoms with Gasteiger partial charge in [0.25, 0.3) is 0 Å². The fourth-order valence-electron chi connectivity index (χ4n) is 3.63. The van der Waals surface area contributed by atoms with Gasteiger partial charge in [-0.05, 0) is 35.1 Å². The standard InChI is InChI=1S/C21H21NO4.C4H8O2/c1-2-7-14(12-20(23)24)22-21(25)26-13-19-17-10-5-3-8-15(17)16-9-4-6-11-18(16)19;1-2-3-4(5)6/h2-6,8-11,14,19H,1,7,12-13H2,(H,22,25)(H,23,24);2-3H2,1H3,(H,5,6)/t14-;/m0./s1. The second-order valence-corrected chi connectivity index (χ2v) is 7.43. The Bertz CT molecular complexity index is 909. The monoisotopic (exact) mass is 439 g/mol. The molecule has 0 unspecified atom stereocenters. The Kier molecular flexibility index (Phi) is 9.47. The second-order valence-electron chi connectivity index (χ2n) is 7.43. The van der Waals surface area contributed by atoms with Crippen LogP contribution in [0, 0.1) is 0 Å². The summed E-state index contributed by atoms with van der Waals surface area (Å²) in [6, 6.07) is 15.7. The molecule has 1 aliphatic rings. The Morgan fingerprint density at radius 3 is 2.03 bits per heavy atom. The number of hydrogen-bond donors (Lipinski definition) is 3. The van der Waals surface area contributed by atoms with Crippen LogP contribution in [0.5, 0.6) is 0 Å². The Labute approximate surface area is 187 Å². The summed E-state index contributed by atoms with van der Waals surface area (Å²) in [5.74, 6) is -1.71. The van der Waals surface area contributed by atoms with E-state index in [0.29, 0.717) is 12.8 Å².